The fraction of sp³-hybridized carbons (Fsp3) is 0.267. The van der Waals surface area contributed by atoms with E-state index in [1.165, 1.54) is 11.1 Å². The molecule has 0 radical (unpaired) electrons. The first-order valence-corrected chi connectivity index (χ1v) is 13.0. The molecule has 2 N–H and O–H groups in total. The van der Waals surface area contributed by atoms with Gasteiger partial charge in [0.15, 0.2) is 5.65 Å². The van der Waals surface area contributed by atoms with Crippen molar-refractivity contribution < 1.29 is 0 Å². The lowest BCUT2D eigenvalue weighted by Crippen LogP contribution is -2.23. The van der Waals surface area contributed by atoms with Crippen molar-refractivity contribution in [1.29, 1.82) is 0 Å². The third-order valence-electron chi connectivity index (χ3n) is 6.96. The molecule has 0 amide bonds. The van der Waals surface area contributed by atoms with Gasteiger partial charge in [0, 0.05) is 35.7 Å². The highest BCUT2D eigenvalue weighted by Crippen LogP contribution is 2.25. The predicted molar refractivity (Wildman–Crippen MR) is 150 cm³/mol. The molecule has 0 saturated heterocycles. The number of aromatic nitrogens is 5. The maximum absolute atomic E-state index is 13.7. The summed E-state index contributed by atoms with van der Waals surface area (Å²) in [6, 6.07) is 20.3. The minimum absolute atomic E-state index is 0.135. The van der Waals surface area contributed by atoms with Crippen LogP contribution in [0.1, 0.15) is 43.2 Å². The Bertz CT molecular complexity index is 1680. The van der Waals surface area contributed by atoms with Gasteiger partial charge < -0.3 is 10.6 Å². The molecule has 0 aliphatic carbocycles. The van der Waals surface area contributed by atoms with Gasteiger partial charge in [0.05, 0.1) is 12.2 Å². The van der Waals surface area contributed by atoms with E-state index in [2.05, 4.69) is 59.6 Å². The number of pyridine rings is 1. The van der Waals surface area contributed by atoms with Crippen molar-refractivity contribution in [3.8, 4) is 5.69 Å². The highest BCUT2D eigenvalue weighted by molar-refractivity contribution is 5.77. The highest BCUT2D eigenvalue weighted by Gasteiger charge is 2.21. The zero-order valence-electron chi connectivity index (χ0n) is 21.9. The summed E-state index contributed by atoms with van der Waals surface area (Å²) in [6.45, 7) is 8.64. The molecule has 5 aromatic rings. The van der Waals surface area contributed by atoms with E-state index in [0.717, 1.165) is 42.1 Å². The maximum Gasteiger partial charge on any atom is 0.278 e. The third-order valence-corrected chi connectivity index (χ3v) is 6.96. The fourth-order valence-electron chi connectivity index (χ4n) is 4.90. The molecule has 0 saturated carbocycles. The summed E-state index contributed by atoms with van der Waals surface area (Å²) in [4.78, 5) is 27.6. The molecule has 0 unspecified atom stereocenters. The minimum Gasteiger partial charge on any atom is -0.324 e. The Morgan fingerprint density at radius 2 is 1.84 bits per heavy atom. The summed E-state index contributed by atoms with van der Waals surface area (Å²) >= 11 is 0. The van der Waals surface area contributed by atoms with Gasteiger partial charge >= 0.3 is 0 Å². The summed E-state index contributed by atoms with van der Waals surface area (Å²) < 4.78 is 3.62. The average molecular weight is 506 g/mol. The summed E-state index contributed by atoms with van der Waals surface area (Å²) in [5.74, 6) is 0.442. The highest BCUT2D eigenvalue weighted by atomic mass is 16.1. The van der Waals surface area contributed by atoms with Gasteiger partial charge in [0.2, 0.25) is 5.95 Å². The lowest BCUT2D eigenvalue weighted by atomic mass is 9.91. The molecule has 2 aromatic carbocycles. The van der Waals surface area contributed by atoms with Gasteiger partial charge in [-0.2, -0.15) is 4.98 Å². The molecular formula is C30H31N7O. The Morgan fingerprint density at radius 1 is 1.00 bits per heavy atom. The topological polar surface area (TPSA) is 89.7 Å². The van der Waals surface area contributed by atoms with Gasteiger partial charge in [0.25, 0.3) is 5.56 Å². The molecule has 6 rings (SSSR count). The van der Waals surface area contributed by atoms with Crippen LogP contribution in [0.25, 0.3) is 16.7 Å². The zero-order valence-corrected chi connectivity index (χ0v) is 21.9. The molecule has 3 aromatic heterocycles. The molecule has 38 heavy (non-hydrogen) atoms. The van der Waals surface area contributed by atoms with E-state index in [4.69, 9.17) is 4.98 Å². The van der Waals surface area contributed by atoms with Crippen LogP contribution in [0.2, 0.25) is 0 Å². The second-order valence-corrected chi connectivity index (χ2v) is 10.8. The molecule has 0 fully saturated rings. The molecule has 8 heteroatoms. The van der Waals surface area contributed by atoms with Crippen LogP contribution in [0.15, 0.2) is 77.9 Å². The molecule has 0 spiro atoms. The standard InChI is InChI=1S/C30H31N7O/c1-30(2,3)26-16-24(12-14-32-26)37-27-25(28(38)36(37)19-20-7-5-4-6-8-20)18-33-29(35-27)34-23-10-9-21-11-13-31-17-22(21)15-23/h4-10,12,14-16,18,31H,11,13,17,19H2,1-3H3,(H,33,34,35). The molecule has 0 bridgehead atoms. The average Bonchev–Trinajstić information content (AvgIpc) is 3.19. The predicted octanol–water partition coefficient (Wildman–Crippen LogP) is 4.71. The van der Waals surface area contributed by atoms with Gasteiger partial charge in [0.1, 0.15) is 5.39 Å². The van der Waals surface area contributed by atoms with E-state index in [1.807, 2.05) is 47.1 Å². The van der Waals surface area contributed by atoms with Crippen LogP contribution in [0.3, 0.4) is 0 Å². The largest absolute Gasteiger partial charge is 0.324 e. The SMILES string of the molecule is CC(C)(C)c1cc(-n2c3nc(Nc4ccc5c(c4)CNCC5)ncc3c(=O)n2Cc2ccccc2)ccn1. The Hall–Kier alpha value is -4.30. The lowest BCUT2D eigenvalue weighted by Gasteiger charge is -2.20. The van der Waals surface area contributed by atoms with E-state index in [0.29, 0.717) is 23.5 Å². The summed E-state index contributed by atoms with van der Waals surface area (Å²) in [7, 11) is 0. The number of anilines is 2. The smallest absolute Gasteiger partial charge is 0.278 e. The Kier molecular flexibility index (Phi) is 6.04. The van der Waals surface area contributed by atoms with E-state index in [9.17, 15) is 4.79 Å². The molecule has 1 aliphatic rings. The van der Waals surface area contributed by atoms with Crippen LogP contribution < -0.4 is 16.2 Å². The Balaban J connectivity index is 1.48. The first-order chi connectivity index (χ1) is 18.4. The molecule has 8 nitrogen and oxygen atoms in total. The van der Waals surface area contributed by atoms with Crippen molar-refractivity contribution in [2.45, 2.75) is 45.7 Å². The van der Waals surface area contributed by atoms with Gasteiger partial charge in [-0.25, -0.2) is 14.3 Å². The molecule has 192 valence electrons. The second-order valence-electron chi connectivity index (χ2n) is 10.8. The number of hydrogen-bond donors (Lipinski definition) is 2. The lowest BCUT2D eigenvalue weighted by molar-refractivity contribution is 0.562. The zero-order chi connectivity index (χ0) is 26.3. The number of nitrogens with zero attached hydrogens (tertiary/aromatic N) is 5. The number of hydrogen-bond acceptors (Lipinski definition) is 6. The van der Waals surface area contributed by atoms with Gasteiger partial charge in [-0.1, -0.05) is 57.2 Å². The van der Waals surface area contributed by atoms with Crippen molar-refractivity contribution in [2.24, 2.45) is 0 Å². The molecule has 0 atom stereocenters. The van der Waals surface area contributed by atoms with Crippen LogP contribution in [-0.4, -0.2) is 30.9 Å². The van der Waals surface area contributed by atoms with E-state index in [1.54, 1.807) is 17.1 Å². The van der Waals surface area contributed by atoms with Crippen molar-refractivity contribution in [1.82, 2.24) is 29.6 Å². The minimum atomic E-state index is -0.146. The van der Waals surface area contributed by atoms with E-state index < -0.39 is 0 Å². The van der Waals surface area contributed by atoms with Gasteiger partial charge in [-0.15, -0.1) is 0 Å². The van der Waals surface area contributed by atoms with Crippen molar-refractivity contribution in [3.05, 3.63) is 106 Å². The second kappa shape index (κ2) is 9.54. The van der Waals surface area contributed by atoms with Crippen molar-refractivity contribution in [2.75, 3.05) is 11.9 Å². The van der Waals surface area contributed by atoms with Gasteiger partial charge in [-0.3, -0.25) is 9.78 Å². The first kappa shape index (κ1) is 24.1. The summed E-state index contributed by atoms with van der Waals surface area (Å²) in [5.41, 5.74) is 6.62. The van der Waals surface area contributed by atoms with E-state index >= 15 is 0 Å². The van der Waals surface area contributed by atoms with Crippen LogP contribution in [0.4, 0.5) is 11.6 Å². The van der Waals surface area contributed by atoms with E-state index in [-0.39, 0.29) is 11.0 Å². The monoisotopic (exact) mass is 505 g/mol. The van der Waals surface area contributed by atoms with Crippen molar-refractivity contribution >= 4 is 22.7 Å². The van der Waals surface area contributed by atoms with Crippen LogP contribution in [0.5, 0.6) is 0 Å². The number of rotatable bonds is 5. The Morgan fingerprint density at radius 3 is 2.66 bits per heavy atom. The first-order valence-electron chi connectivity index (χ1n) is 13.0. The van der Waals surface area contributed by atoms with Crippen LogP contribution in [0, 0.1) is 0 Å². The van der Waals surface area contributed by atoms with Gasteiger partial charge in [-0.05, 0) is 53.9 Å². The summed E-state index contributed by atoms with van der Waals surface area (Å²) in [5, 5.41) is 7.24. The fourth-order valence-corrected chi connectivity index (χ4v) is 4.90. The Labute approximate surface area is 221 Å². The van der Waals surface area contributed by atoms with Crippen molar-refractivity contribution in [3.63, 3.8) is 0 Å². The number of fused-ring (bicyclic) bond motifs is 2. The molecular weight excluding hydrogens is 474 g/mol. The number of benzene rings is 2. The molecule has 1 aliphatic heterocycles. The summed E-state index contributed by atoms with van der Waals surface area (Å²) in [6.07, 6.45) is 4.44. The van der Waals surface area contributed by atoms with Crippen LogP contribution >= 0.6 is 0 Å². The number of nitrogens with one attached hydrogen (secondary N) is 2. The maximum atomic E-state index is 13.7. The molecule has 4 heterocycles. The quantitative estimate of drug-likeness (QED) is 0.360. The normalized spacial score (nSPS) is 13.4. The third kappa shape index (κ3) is 4.59. The van der Waals surface area contributed by atoms with Crippen LogP contribution in [-0.2, 0) is 24.9 Å².